The fraction of sp³-hybridized carbons (Fsp3) is 0.444. The molecule has 40 heavy (non-hydrogen) atoms. The highest BCUT2D eigenvalue weighted by Crippen LogP contribution is 2.30. The van der Waals surface area contributed by atoms with Gasteiger partial charge in [0.25, 0.3) is 5.56 Å². The Morgan fingerprint density at radius 2 is 1.82 bits per heavy atom. The van der Waals surface area contributed by atoms with Crippen LogP contribution in [0.5, 0.6) is 0 Å². The molecule has 0 aliphatic carbocycles. The van der Waals surface area contributed by atoms with Crippen LogP contribution in [0.4, 0.5) is 13.2 Å². The van der Waals surface area contributed by atoms with Crippen LogP contribution in [0.3, 0.4) is 0 Å². The van der Waals surface area contributed by atoms with E-state index in [1.807, 2.05) is 13.8 Å². The minimum Gasteiger partial charge on any atom is -0.444 e. The van der Waals surface area contributed by atoms with Gasteiger partial charge in [0.2, 0.25) is 0 Å². The first-order chi connectivity index (χ1) is 19.1. The van der Waals surface area contributed by atoms with E-state index in [1.165, 1.54) is 26.1 Å². The second-order valence-corrected chi connectivity index (χ2v) is 9.39. The van der Waals surface area contributed by atoms with Crippen molar-refractivity contribution in [3.8, 4) is 11.4 Å². The maximum absolute atomic E-state index is 13.5. The van der Waals surface area contributed by atoms with Crippen LogP contribution in [-0.4, -0.2) is 34.4 Å². The zero-order chi connectivity index (χ0) is 29.0. The third-order valence-corrected chi connectivity index (χ3v) is 6.46. The third kappa shape index (κ3) is 5.87. The van der Waals surface area contributed by atoms with Crippen molar-refractivity contribution >= 4 is 17.1 Å². The summed E-state index contributed by atoms with van der Waals surface area (Å²) in [6.45, 7) is 5.77. The molecular formula is C27H31F3N6O4. The maximum Gasteiger partial charge on any atom is 0.416 e. The molecule has 0 atom stereocenters. The van der Waals surface area contributed by atoms with Crippen LogP contribution < -0.4 is 11.2 Å². The second kappa shape index (κ2) is 11.9. The van der Waals surface area contributed by atoms with Crippen molar-refractivity contribution in [2.75, 3.05) is 0 Å². The van der Waals surface area contributed by atoms with Crippen LogP contribution in [0.2, 0.25) is 0 Å². The number of aromatic nitrogens is 6. The van der Waals surface area contributed by atoms with E-state index in [4.69, 9.17) is 4.74 Å². The number of carbonyl (C=O) groups is 1. The number of aryl methyl sites for hydroxylation is 1. The Morgan fingerprint density at radius 1 is 1.05 bits per heavy atom. The fourth-order valence-electron chi connectivity index (χ4n) is 4.47. The zero-order valence-electron chi connectivity index (χ0n) is 22.6. The van der Waals surface area contributed by atoms with Gasteiger partial charge in [0.15, 0.2) is 17.9 Å². The van der Waals surface area contributed by atoms with E-state index in [0.717, 1.165) is 23.1 Å². The van der Waals surface area contributed by atoms with E-state index in [9.17, 15) is 27.6 Å². The van der Waals surface area contributed by atoms with Crippen LogP contribution in [-0.2, 0) is 42.1 Å². The minimum absolute atomic E-state index is 0.0547. The monoisotopic (exact) mass is 560 g/mol. The van der Waals surface area contributed by atoms with Crippen molar-refractivity contribution in [3.63, 3.8) is 0 Å². The summed E-state index contributed by atoms with van der Waals surface area (Å²) in [5, 5.41) is 4.28. The first kappa shape index (κ1) is 28.8. The number of esters is 1. The summed E-state index contributed by atoms with van der Waals surface area (Å²) in [5.41, 5.74) is -0.710. The molecule has 0 aliphatic heterocycles. The van der Waals surface area contributed by atoms with Gasteiger partial charge in [-0.2, -0.15) is 18.3 Å². The highest BCUT2D eigenvalue weighted by Gasteiger charge is 2.30. The van der Waals surface area contributed by atoms with Crippen LogP contribution in [0.15, 0.2) is 46.2 Å². The Hall–Kier alpha value is -4.16. The second-order valence-electron chi connectivity index (χ2n) is 9.39. The van der Waals surface area contributed by atoms with Crippen molar-refractivity contribution in [1.82, 2.24) is 28.5 Å². The molecule has 13 heteroatoms. The molecule has 10 nitrogen and oxygen atoms in total. The van der Waals surface area contributed by atoms with Gasteiger partial charge in [-0.3, -0.25) is 28.0 Å². The van der Waals surface area contributed by atoms with E-state index < -0.39 is 29.0 Å². The molecule has 4 aromatic rings. The minimum atomic E-state index is -4.47. The molecule has 0 aliphatic rings. The van der Waals surface area contributed by atoms with Crippen LogP contribution in [0, 0.1) is 0 Å². The van der Waals surface area contributed by atoms with Crippen molar-refractivity contribution in [1.29, 1.82) is 0 Å². The summed E-state index contributed by atoms with van der Waals surface area (Å²) in [4.78, 5) is 43.5. The molecule has 3 heterocycles. The molecule has 4 rings (SSSR count). The average molecular weight is 561 g/mol. The number of carbonyl (C=O) groups excluding carboxylic acids is 1. The number of hydrogen-bond donors (Lipinski definition) is 0. The first-order valence-electron chi connectivity index (χ1n) is 13.2. The number of rotatable bonds is 11. The lowest BCUT2D eigenvalue weighted by atomic mass is 10.1. The Labute approximate surface area is 227 Å². The van der Waals surface area contributed by atoms with E-state index in [1.54, 1.807) is 19.2 Å². The van der Waals surface area contributed by atoms with Gasteiger partial charge >= 0.3 is 17.8 Å². The lowest BCUT2D eigenvalue weighted by Gasteiger charge is -2.12. The molecule has 1 aromatic carbocycles. The van der Waals surface area contributed by atoms with Gasteiger partial charge in [-0.25, -0.2) is 9.78 Å². The molecule has 0 fully saturated rings. The Balaban J connectivity index is 1.80. The number of ether oxygens (including phenoxy) is 1. The summed E-state index contributed by atoms with van der Waals surface area (Å²) in [6, 6.07) is 4.96. The van der Waals surface area contributed by atoms with Crippen molar-refractivity contribution < 1.29 is 22.7 Å². The number of hydrogen-bond acceptors (Lipinski definition) is 6. The SMILES string of the molecule is CCCCC(=O)OCn1c(-c2cnn(Cc3cccc(C(F)(F)F)c3)c2)nc2c1c(=O)n(CCC)c(=O)n2CC. The third-order valence-electron chi connectivity index (χ3n) is 6.46. The van der Waals surface area contributed by atoms with Gasteiger partial charge in [0.05, 0.1) is 23.9 Å². The smallest absolute Gasteiger partial charge is 0.416 e. The zero-order valence-corrected chi connectivity index (χ0v) is 22.6. The van der Waals surface area contributed by atoms with Gasteiger partial charge in [-0.1, -0.05) is 32.4 Å². The first-order valence-corrected chi connectivity index (χ1v) is 13.2. The van der Waals surface area contributed by atoms with Crippen molar-refractivity contribution in [3.05, 3.63) is 68.6 Å². The highest BCUT2D eigenvalue weighted by atomic mass is 19.4. The number of halogens is 3. The van der Waals surface area contributed by atoms with E-state index in [2.05, 4.69) is 10.1 Å². The molecule has 0 unspecified atom stereocenters. The molecular weight excluding hydrogens is 529 g/mol. The van der Waals surface area contributed by atoms with Gasteiger partial charge in [-0.05, 0) is 37.5 Å². The predicted octanol–water partition coefficient (Wildman–Crippen LogP) is 4.41. The topological polar surface area (TPSA) is 106 Å². The van der Waals surface area contributed by atoms with E-state index in [-0.39, 0.29) is 49.8 Å². The molecule has 0 saturated heterocycles. The van der Waals surface area contributed by atoms with Crippen LogP contribution in [0.25, 0.3) is 22.6 Å². The van der Waals surface area contributed by atoms with Gasteiger partial charge in [0, 0.05) is 25.7 Å². The van der Waals surface area contributed by atoms with Gasteiger partial charge in [-0.15, -0.1) is 0 Å². The molecule has 0 N–H and O–H groups in total. The number of benzene rings is 1. The standard InChI is InChI=1S/C27H31F3N6O4/c1-4-7-11-21(37)40-17-36-22-24(34(6-3)26(39)35(12-5-2)25(22)38)32-23(36)19-14-31-33(16-19)15-18-9-8-10-20(13-18)27(28,29)30/h8-10,13-14,16H,4-7,11-12,15,17H2,1-3H3. The normalized spacial score (nSPS) is 11.8. The molecule has 214 valence electrons. The molecule has 0 spiro atoms. The molecule has 0 saturated carbocycles. The summed E-state index contributed by atoms with van der Waals surface area (Å²) >= 11 is 0. The number of alkyl halides is 3. The molecule has 0 radical (unpaired) electrons. The number of imidazole rings is 1. The lowest BCUT2D eigenvalue weighted by molar-refractivity contribution is -0.147. The Kier molecular flexibility index (Phi) is 8.60. The number of fused-ring (bicyclic) bond motifs is 1. The molecule has 3 aromatic heterocycles. The Morgan fingerprint density at radius 3 is 2.50 bits per heavy atom. The summed E-state index contributed by atoms with van der Waals surface area (Å²) in [5.74, 6) is -0.200. The average Bonchev–Trinajstić information content (AvgIpc) is 3.53. The van der Waals surface area contributed by atoms with E-state index in [0.29, 0.717) is 24.0 Å². The quantitative estimate of drug-likeness (QED) is 0.252. The lowest BCUT2D eigenvalue weighted by Crippen LogP contribution is -2.40. The van der Waals surface area contributed by atoms with Gasteiger partial charge in [0.1, 0.15) is 5.82 Å². The molecule has 0 bridgehead atoms. The van der Waals surface area contributed by atoms with E-state index >= 15 is 0 Å². The van der Waals surface area contributed by atoms with Crippen molar-refractivity contribution in [2.45, 2.75) is 79.0 Å². The highest BCUT2D eigenvalue weighted by molar-refractivity contribution is 5.77. The molecule has 0 amide bonds. The summed E-state index contributed by atoms with van der Waals surface area (Å²) in [6.07, 6.45) is 0.803. The number of nitrogens with zero attached hydrogens (tertiary/aromatic N) is 6. The fourth-order valence-corrected chi connectivity index (χ4v) is 4.47. The summed E-state index contributed by atoms with van der Waals surface area (Å²) < 4.78 is 50.4. The predicted molar refractivity (Wildman–Crippen MR) is 142 cm³/mol. The van der Waals surface area contributed by atoms with Crippen molar-refractivity contribution in [2.24, 2.45) is 0 Å². The number of unbranched alkanes of at least 4 members (excludes halogenated alkanes) is 1. The summed E-state index contributed by atoms with van der Waals surface area (Å²) in [7, 11) is 0. The Bertz CT molecular complexity index is 1630. The van der Waals surface area contributed by atoms with Crippen LogP contribution in [0.1, 0.15) is 57.6 Å². The maximum atomic E-state index is 13.5. The van der Waals surface area contributed by atoms with Crippen LogP contribution >= 0.6 is 0 Å². The largest absolute Gasteiger partial charge is 0.444 e. The van der Waals surface area contributed by atoms with Gasteiger partial charge < -0.3 is 4.74 Å².